The maximum Gasteiger partial charge on any atom is 0.348 e. The number of carbonyl (C=O) groups excluding carboxylic acids is 1. The topological polar surface area (TPSA) is 182 Å². The molecule has 1 aliphatic rings. The molecule has 0 saturated heterocycles. The Morgan fingerprint density at radius 2 is 1.90 bits per heavy atom. The normalized spacial score (nSPS) is 22.0. The molecular formula is C8H12O10P2-4. The summed E-state index contributed by atoms with van der Waals surface area (Å²) in [5, 5.41) is 30.6. The second kappa shape index (κ2) is 6.21. The molecule has 0 heterocycles. The third-order valence-electron chi connectivity index (χ3n) is 2.97. The van der Waals surface area contributed by atoms with Crippen molar-refractivity contribution < 1.29 is 48.4 Å². The minimum Gasteiger partial charge on any atom is -0.802 e. The third kappa shape index (κ3) is 4.34. The SMILES string of the molecule is O=C([O-])CC(O)(CCOP(=O)(O[O-])P(=O)([O-])[O-])C1CC1. The molecule has 2 atom stereocenters. The highest BCUT2D eigenvalue weighted by Crippen LogP contribution is 2.72. The first-order valence-corrected chi connectivity index (χ1v) is 9.34. The van der Waals surface area contributed by atoms with Crippen LogP contribution in [0.15, 0.2) is 0 Å². The number of aliphatic carboxylic acids is 1. The van der Waals surface area contributed by atoms with Crippen LogP contribution in [0.25, 0.3) is 0 Å². The smallest absolute Gasteiger partial charge is 0.348 e. The van der Waals surface area contributed by atoms with Crippen molar-refractivity contribution in [3.05, 3.63) is 0 Å². The van der Waals surface area contributed by atoms with Crippen LogP contribution in [0, 0.1) is 5.92 Å². The van der Waals surface area contributed by atoms with Gasteiger partial charge in [0.2, 0.25) is 0 Å². The van der Waals surface area contributed by atoms with E-state index in [1.54, 1.807) is 0 Å². The van der Waals surface area contributed by atoms with Crippen LogP contribution in [0.4, 0.5) is 0 Å². The van der Waals surface area contributed by atoms with Crippen LogP contribution in [-0.2, 0) is 23.1 Å². The van der Waals surface area contributed by atoms with Crippen LogP contribution in [0.1, 0.15) is 25.7 Å². The van der Waals surface area contributed by atoms with Crippen molar-refractivity contribution in [3.8, 4) is 0 Å². The number of aliphatic hydroxyl groups is 1. The number of carboxylic acids is 1. The highest BCUT2D eigenvalue weighted by molar-refractivity contribution is 8.25. The molecule has 0 aromatic heterocycles. The predicted molar refractivity (Wildman–Crippen MR) is 54.2 cm³/mol. The number of hydrogen-bond donors (Lipinski definition) is 1. The molecule has 0 radical (unpaired) electrons. The third-order valence-corrected chi connectivity index (χ3v) is 6.61. The molecule has 2 unspecified atom stereocenters. The van der Waals surface area contributed by atoms with Crippen LogP contribution in [0.3, 0.4) is 0 Å². The van der Waals surface area contributed by atoms with Gasteiger partial charge in [-0.1, -0.05) is 0 Å². The Hall–Kier alpha value is -0.310. The van der Waals surface area contributed by atoms with Crippen molar-refractivity contribution >= 4 is 20.5 Å². The van der Waals surface area contributed by atoms with Gasteiger partial charge in [0.05, 0.1) is 12.2 Å². The van der Waals surface area contributed by atoms with E-state index < -0.39 is 45.6 Å². The van der Waals surface area contributed by atoms with E-state index in [4.69, 9.17) is 0 Å². The number of hydrogen-bond acceptors (Lipinski definition) is 10. The van der Waals surface area contributed by atoms with Crippen LogP contribution in [0.2, 0.25) is 0 Å². The van der Waals surface area contributed by atoms with Gasteiger partial charge < -0.3 is 43.8 Å². The quantitative estimate of drug-likeness (QED) is 0.259. The molecule has 1 N–H and O–H groups in total. The van der Waals surface area contributed by atoms with Crippen LogP contribution < -0.4 is 20.2 Å². The molecule has 1 fully saturated rings. The second-order valence-corrected chi connectivity index (χ2v) is 9.74. The van der Waals surface area contributed by atoms with Gasteiger partial charge in [0.1, 0.15) is 0 Å². The highest BCUT2D eigenvalue weighted by Gasteiger charge is 2.43. The van der Waals surface area contributed by atoms with Gasteiger partial charge in [-0.05, 0) is 18.8 Å². The Kier molecular flexibility index (Phi) is 5.51. The molecule has 20 heavy (non-hydrogen) atoms. The monoisotopic (exact) mass is 330 g/mol. The summed E-state index contributed by atoms with van der Waals surface area (Å²) < 4.78 is 28.8. The molecule has 0 aromatic carbocycles. The molecular weight excluding hydrogens is 318 g/mol. The largest absolute Gasteiger partial charge is 0.802 e. The predicted octanol–water partition coefficient (Wildman–Crippen LogP) is -3.01. The molecule has 12 heteroatoms. The summed E-state index contributed by atoms with van der Waals surface area (Å²) in [5.41, 5.74) is -1.73. The molecule has 0 amide bonds. The summed E-state index contributed by atoms with van der Waals surface area (Å²) in [6, 6.07) is 0. The Labute approximate surface area is 113 Å². The minimum atomic E-state index is -5.92. The first kappa shape index (κ1) is 17.7. The van der Waals surface area contributed by atoms with Crippen LogP contribution >= 0.6 is 14.6 Å². The molecule has 1 rings (SSSR count). The fourth-order valence-corrected chi connectivity index (χ4v) is 3.28. The lowest BCUT2D eigenvalue weighted by Gasteiger charge is -2.38. The average molecular weight is 330 g/mol. The van der Waals surface area contributed by atoms with Gasteiger partial charge in [0.15, 0.2) is 0 Å². The minimum absolute atomic E-state index is 0.345. The van der Waals surface area contributed by atoms with Crippen molar-refractivity contribution in [1.82, 2.24) is 0 Å². The Morgan fingerprint density at radius 1 is 1.35 bits per heavy atom. The van der Waals surface area contributed by atoms with E-state index >= 15 is 0 Å². The summed E-state index contributed by atoms with van der Waals surface area (Å²) in [6.07, 6.45) is -0.0445. The number of carbonyl (C=O) groups is 1. The zero-order valence-corrected chi connectivity index (χ0v) is 11.9. The summed E-state index contributed by atoms with van der Waals surface area (Å²) in [4.78, 5) is 31.6. The fourth-order valence-electron chi connectivity index (χ4n) is 1.78. The molecule has 118 valence electrons. The van der Waals surface area contributed by atoms with Gasteiger partial charge in [-0.25, -0.2) is 0 Å². The lowest BCUT2D eigenvalue weighted by Crippen LogP contribution is -2.40. The summed E-state index contributed by atoms with van der Waals surface area (Å²) in [5.74, 6) is -1.87. The maximum atomic E-state index is 11.2. The van der Waals surface area contributed by atoms with Gasteiger partial charge in [-0.3, -0.25) is 4.57 Å². The molecule has 0 spiro atoms. The Bertz CT molecular complexity index is 454. The molecule has 10 nitrogen and oxygen atoms in total. The lowest BCUT2D eigenvalue weighted by atomic mass is 9.90. The Balaban J connectivity index is 2.63. The van der Waals surface area contributed by atoms with E-state index in [1.165, 1.54) is 0 Å². The van der Waals surface area contributed by atoms with Crippen LogP contribution in [0.5, 0.6) is 0 Å². The van der Waals surface area contributed by atoms with Gasteiger partial charge >= 0.3 is 7.28 Å². The summed E-state index contributed by atoms with van der Waals surface area (Å²) in [6.45, 7) is -0.783. The van der Waals surface area contributed by atoms with Crippen molar-refractivity contribution in [1.29, 1.82) is 0 Å². The van der Waals surface area contributed by atoms with Crippen molar-refractivity contribution in [2.24, 2.45) is 5.92 Å². The Morgan fingerprint density at radius 3 is 2.25 bits per heavy atom. The van der Waals surface area contributed by atoms with Crippen molar-refractivity contribution in [2.45, 2.75) is 31.3 Å². The molecule has 0 aromatic rings. The average Bonchev–Trinajstić information content (AvgIpc) is 3.09. The number of rotatable bonds is 9. The zero-order valence-electron chi connectivity index (χ0n) is 10.1. The van der Waals surface area contributed by atoms with E-state index in [-0.39, 0.29) is 5.92 Å². The van der Waals surface area contributed by atoms with E-state index in [9.17, 15) is 39.2 Å². The van der Waals surface area contributed by atoms with Gasteiger partial charge in [-0.15, -0.1) is 0 Å². The zero-order chi connectivity index (χ0) is 15.6. The van der Waals surface area contributed by atoms with E-state index in [0.29, 0.717) is 12.8 Å². The van der Waals surface area contributed by atoms with Gasteiger partial charge in [0.25, 0.3) is 0 Å². The maximum absolute atomic E-state index is 11.2. The first-order chi connectivity index (χ1) is 9.04. The van der Waals surface area contributed by atoms with Gasteiger partial charge in [0, 0.05) is 26.1 Å². The van der Waals surface area contributed by atoms with E-state index in [2.05, 4.69) is 9.20 Å². The summed E-state index contributed by atoms with van der Waals surface area (Å²) in [7, 11) is -11.3. The highest BCUT2D eigenvalue weighted by atomic mass is 32.1. The molecule has 1 aliphatic carbocycles. The molecule has 1 saturated carbocycles. The lowest BCUT2D eigenvalue weighted by molar-refractivity contribution is -0.639. The second-order valence-electron chi connectivity index (χ2n) is 4.52. The van der Waals surface area contributed by atoms with E-state index in [1.807, 2.05) is 0 Å². The van der Waals surface area contributed by atoms with Crippen molar-refractivity contribution in [2.75, 3.05) is 6.61 Å². The van der Waals surface area contributed by atoms with Gasteiger partial charge in [-0.2, -0.15) is 0 Å². The first-order valence-electron chi connectivity index (χ1n) is 5.55. The van der Waals surface area contributed by atoms with E-state index in [0.717, 1.165) is 0 Å². The summed E-state index contributed by atoms with van der Waals surface area (Å²) >= 11 is 0. The molecule has 0 aliphatic heterocycles. The fraction of sp³-hybridized carbons (Fsp3) is 0.875. The van der Waals surface area contributed by atoms with Crippen molar-refractivity contribution in [3.63, 3.8) is 0 Å². The standard InChI is InChI=1S/C8H16O10P2/c9-7(10)5-8(11,6-1-2-6)3-4-17-20(16,18-12)19(13,14)15/h6,11-12H,1-5H2,(H,9,10)(H2,13,14,15)/p-4. The van der Waals surface area contributed by atoms with Crippen LogP contribution in [-0.4, -0.2) is 23.3 Å². The number of carboxylic acid groups (broad SMARTS) is 1. The molecule has 0 bridgehead atoms.